The molecule has 1 aromatic rings. The van der Waals surface area contributed by atoms with Gasteiger partial charge in [0.1, 0.15) is 12.6 Å². The minimum absolute atomic E-state index is 0.0512. The number of aryl methyl sites for hydroxylation is 2. The molecule has 1 atom stereocenters. The van der Waals surface area contributed by atoms with Crippen LogP contribution in [0, 0.1) is 19.8 Å². The zero-order valence-electron chi connectivity index (χ0n) is 12.0. The molecule has 2 N–H and O–H groups in total. The van der Waals surface area contributed by atoms with E-state index in [0.717, 1.165) is 11.4 Å². The largest absolute Gasteiger partial charge is 0.480 e. The van der Waals surface area contributed by atoms with Gasteiger partial charge in [0.15, 0.2) is 0 Å². The van der Waals surface area contributed by atoms with Crippen LogP contribution in [0.15, 0.2) is 6.20 Å². The van der Waals surface area contributed by atoms with Gasteiger partial charge in [-0.15, -0.1) is 0 Å². The second-order valence-corrected chi connectivity index (χ2v) is 4.81. The molecule has 0 fully saturated rings. The smallest absolute Gasteiger partial charge is 0.408 e. The number of rotatable bonds is 5. The number of carbonyl (C=O) groups is 2. The van der Waals surface area contributed by atoms with Crippen molar-refractivity contribution in [3.8, 4) is 0 Å². The third-order valence-corrected chi connectivity index (χ3v) is 2.80. The van der Waals surface area contributed by atoms with E-state index in [0.29, 0.717) is 5.69 Å². The first kappa shape index (κ1) is 15.9. The van der Waals surface area contributed by atoms with E-state index in [2.05, 4.69) is 15.3 Å². The van der Waals surface area contributed by atoms with E-state index in [1.165, 1.54) is 6.20 Å². The van der Waals surface area contributed by atoms with Crippen LogP contribution in [0.1, 0.15) is 30.9 Å². The van der Waals surface area contributed by atoms with Crippen LogP contribution in [0.2, 0.25) is 0 Å². The lowest BCUT2D eigenvalue weighted by molar-refractivity contribution is -0.140. The summed E-state index contributed by atoms with van der Waals surface area (Å²) < 4.78 is 4.94. The van der Waals surface area contributed by atoms with Crippen LogP contribution in [0.3, 0.4) is 0 Å². The Balaban J connectivity index is 2.54. The summed E-state index contributed by atoms with van der Waals surface area (Å²) in [6, 6.07) is -0.978. The molecule has 1 heterocycles. The maximum atomic E-state index is 11.5. The first-order valence-corrected chi connectivity index (χ1v) is 6.26. The number of hydrogen-bond acceptors (Lipinski definition) is 5. The highest BCUT2D eigenvalue weighted by atomic mass is 16.5. The number of ether oxygens (including phenoxy) is 1. The summed E-state index contributed by atoms with van der Waals surface area (Å²) >= 11 is 0. The van der Waals surface area contributed by atoms with Crippen LogP contribution in [0.4, 0.5) is 4.79 Å². The van der Waals surface area contributed by atoms with Crippen molar-refractivity contribution in [2.75, 3.05) is 0 Å². The topological polar surface area (TPSA) is 101 Å². The van der Waals surface area contributed by atoms with Gasteiger partial charge >= 0.3 is 12.1 Å². The molecule has 0 aliphatic heterocycles. The van der Waals surface area contributed by atoms with Gasteiger partial charge in [0, 0.05) is 0 Å². The third kappa shape index (κ3) is 4.49. The molecule has 7 heteroatoms. The standard InChI is InChI=1S/C13H19N3O4/c1-7(2)11(12(17)18)16-13(19)20-6-10-5-14-8(3)9(4)15-10/h5,7,11H,6H2,1-4H3,(H,16,19)(H,17,18)/t11-/m0/s1. The average Bonchev–Trinajstić information content (AvgIpc) is 2.36. The van der Waals surface area contributed by atoms with Crippen LogP contribution in [0.5, 0.6) is 0 Å². The van der Waals surface area contributed by atoms with Gasteiger partial charge in [-0.25, -0.2) is 9.59 Å². The predicted octanol–water partition coefficient (Wildman–Crippen LogP) is 1.43. The number of nitrogens with one attached hydrogen (secondary N) is 1. The fourth-order valence-corrected chi connectivity index (χ4v) is 1.48. The number of carboxylic acids is 1. The van der Waals surface area contributed by atoms with Crippen molar-refractivity contribution in [2.45, 2.75) is 40.3 Å². The molecular weight excluding hydrogens is 262 g/mol. The summed E-state index contributed by atoms with van der Waals surface area (Å²) in [7, 11) is 0. The minimum Gasteiger partial charge on any atom is -0.480 e. The predicted molar refractivity (Wildman–Crippen MR) is 71.1 cm³/mol. The Kier molecular flexibility index (Phi) is 5.42. The molecule has 1 amide bonds. The molecule has 0 unspecified atom stereocenters. The van der Waals surface area contributed by atoms with E-state index < -0.39 is 18.1 Å². The fourth-order valence-electron chi connectivity index (χ4n) is 1.48. The van der Waals surface area contributed by atoms with Gasteiger partial charge in [-0.05, 0) is 19.8 Å². The van der Waals surface area contributed by atoms with E-state index in [1.54, 1.807) is 13.8 Å². The Morgan fingerprint density at radius 1 is 1.35 bits per heavy atom. The highest BCUT2D eigenvalue weighted by Crippen LogP contribution is 2.04. The number of hydrogen-bond donors (Lipinski definition) is 2. The van der Waals surface area contributed by atoms with Crippen molar-refractivity contribution < 1.29 is 19.4 Å². The normalized spacial score (nSPS) is 12.1. The first-order chi connectivity index (χ1) is 9.31. The van der Waals surface area contributed by atoms with Crippen molar-refractivity contribution in [1.82, 2.24) is 15.3 Å². The molecule has 0 aliphatic rings. The van der Waals surface area contributed by atoms with Crippen molar-refractivity contribution in [2.24, 2.45) is 5.92 Å². The van der Waals surface area contributed by atoms with E-state index in [1.807, 2.05) is 13.8 Å². The Morgan fingerprint density at radius 2 is 2.00 bits per heavy atom. The second kappa shape index (κ2) is 6.83. The van der Waals surface area contributed by atoms with Crippen LogP contribution in [0.25, 0.3) is 0 Å². The monoisotopic (exact) mass is 281 g/mol. The Hall–Kier alpha value is -2.18. The van der Waals surface area contributed by atoms with Gasteiger partial charge in [-0.1, -0.05) is 13.8 Å². The van der Waals surface area contributed by atoms with Gasteiger partial charge in [-0.2, -0.15) is 0 Å². The summed E-state index contributed by atoms with van der Waals surface area (Å²) in [6.45, 7) is 7.00. The number of amides is 1. The molecule has 0 saturated heterocycles. The Bertz CT molecular complexity index is 502. The van der Waals surface area contributed by atoms with Gasteiger partial charge < -0.3 is 15.2 Å². The molecule has 110 valence electrons. The van der Waals surface area contributed by atoms with Crippen molar-refractivity contribution in [3.05, 3.63) is 23.3 Å². The van der Waals surface area contributed by atoms with E-state index in [9.17, 15) is 9.59 Å². The number of carbonyl (C=O) groups excluding carboxylic acids is 1. The molecule has 0 bridgehead atoms. The van der Waals surface area contributed by atoms with E-state index in [-0.39, 0.29) is 12.5 Å². The van der Waals surface area contributed by atoms with E-state index in [4.69, 9.17) is 9.84 Å². The molecule has 20 heavy (non-hydrogen) atoms. The molecule has 7 nitrogen and oxygen atoms in total. The molecule has 0 radical (unpaired) electrons. The maximum Gasteiger partial charge on any atom is 0.408 e. The summed E-state index contributed by atoms with van der Waals surface area (Å²) in [4.78, 5) is 30.8. The van der Waals surface area contributed by atoms with Crippen LogP contribution in [-0.4, -0.2) is 33.2 Å². The fraction of sp³-hybridized carbons (Fsp3) is 0.538. The zero-order valence-corrected chi connectivity index (χ0v) is 12.0. The van der Waals surface area contributed by atoms with Gasteiger partial charge in [-0.3, -0.25) is 9.97 Å². The first-order valence-electron chi connectivity index (χ1n) is 6.26. The number of carboxylic acid groups (broad SMARTS) is 1. The summed E-state index contributed by atoms with van der Waals surface area (Å²) in [5.41, 5.74) is 2.08. The van der Waals surface area contributed by atoms with Crippen LogP contribution in [-0.2, 0) is 16.1 Å². The summed E-state index contributed by atoms with van der Waals surface area (Å²) in [6.07, 6.45) is 0.735. The summed E-state index contributed by atoms with van der Waals surface area (Å²) in [5.74, 6) is -1.33. The Morgan fingerprint density at radius 3 is 2.50 bits per heavy atom. The lowest BCUT2D eigenvalue weighted by atomic mass is 10.1. The van der Waals surface area contributed by atoms with Gasteiger partial charge in [0.05, 0.1) is 23.3 Å². The van der Waals surface area contributed by atoms with Gasteiger partial charge in [0.25, 0.3) is 0 Å². The Labute approximate surface area is 117 Å². The molecule has 0 spiro atoms. The molecule has 1 rings (SSSR count). The number of alkyl carbamates (subject to hydrolysis) is 1. The molecule has 0 aliphatic carbocycles. The van der Waals surface area contributed by atoms with Crippen molar-refractivity contribution >= 4 is 12.1 Å². The minimum atomic E-state index is -1.09. The highest BCUT2D eigenvalue weighted by molar-refractivity contribution is 5.80. The van der Waals surface area contributed by atoms with Crippen molar-refractivity contribution in [1.29, 1.82) is 0 Å². The second-order valence-electron chi connectivity index (χ2n) is 4.81. The lowest BCUT2D eigenvalue weighted by Gasteiger charge is -2.17. The summed E-state index contributed by atoms with van der Waals surface area (Å²) in [5, 5.41) is 11.3. The van der Waals surface area contributed by atoms with Crippen LogP contribution >= 0.6 is 0 Å². The molecule has 0 saturated carbocycles. The average molecular weight is 281 g/mol. The van der Waals surface area contributed by atoms with Crippen molar-refractivity contribution in [3.63, 3.8) is 0 Å². The number of aliphatic carboxylic acids is 1. The maximum absolute atomic E-state index is 11.5. The molecule has 0 aromatic carbocycles. The highest BCUT2D eigenvalue weighted by Gasteiger charge is 2.24. The molecule has 1 aromatic heterocycles. The number of nitrogens with zero attached hydrogens (tertiary/aromatic N) is 2. The third-order valence-electron chi connectivity index (χ3n) is 2.80. The number of aromatic nitrogens is 2. The van der Waals surface area contributed by atoms with E-state index >= 15 is 0 Å². The SMILES string of the molecule is Cc1ncc(COC(=O)N[C@H](C(=O)O)C(C)C)nc1C. The van der Waals surface area contributed by atoms with Gasteiger partial charge in [0.2, 0.25) is 0 Å². The van der Waals surface area contributed by atoms with Crippen LogP contribution < -0.4 is 5.32 Å². The zero-order chi connectivity index (χ0) is 15.3. The lowest BCUT2D eigenvalue weighted by Crippen LogP contribution is -2.44. The quantitative estimate of drug-likeness (QED) is 0.846. The molecular formula is C13H19N3O4.